The molecule has 0 saturated carbocycles. The van der Waals surface area contributed by atoms with Gasteiger partial charge in [-0.2, -0.15) is 0 Å². The van der Waals surface area contributed by atoms with Crippen LogP contribution in [-0.2, 0) is 14.3 Å². The Balaban J connectivity index is 3.18. The Hall–Kier alpha value is -2.28. The number of carbonyl (C=O) groups excluding carboxylic acids is 2. The molecule has 0 fully saturated rings. The standard InChI is InChI=1S/C19H26ClNO6/c1-18(2,3)26-16(24)21(17(25)27-19(4,5)6)11-14(15(22)23)12-7-9-13(20)10-8-12/h7-10,14H,11H2,1-6H3,(H,22,23). The van der Waals surface area contributed by atoms with Gasteiger partial charge in [-0.3, -0.25) is 4.79 Å². The summed E-state index contributed by atoms with van der Waals surface area (Å²) in [7, 11) is 0. The zero-order chi connectivity index (χ0) is 21.0. The third-order valence-corrected chi connectivity index (χ3v) is 3.42. The molecule has 0 heterocycles. The van der Waals surface area contributed by atoms with Gasteiger partial charge in [0.25, 0.3) is 0 Å². The van der Waals surface area contributed by atoms with Gasteiger partial charge in [-0.15, -0.1) is 0 Å². The van der Waals surface area contributed by atoms with Crippen LogP contribution < -0.4 is 0 Å². The highest BCUT2D eigenvalue weighted by Gasteiger charge is 2.35. The van der Waals surface area contributed by atoms with Crippen LogP contribution in [0.4, 0.5) is 9.59 Å². The molecule has 0 aliphatic rings. The van der Waals surface area contributed by atoms with Crippen molar-refractivity contribution in [1.29, 1.82) is 0 Å². The van der Waals surface area contributed by atoms with Crippen molar-refractivity contribution in [3.05, 3.63) is 34.9 Å². The minimum Gasteiger partial charge on any atom is -0.481 e. The molecule has 8 heteroatoms. The molecule has 1 unspecified atom stereocenters. The molecule has 1 aromatic carbocycles. The van der Waals surface area contributed by atoms with E-state index >= 15 is 0 Å². The second-order valence-electron chi connectivity index (χ2n) is 8.01. The van der Waals surface area contributed by atoms with Crippen molar-refractivity contribution in [2.45, 2.75) is 58.7 Å². The summed E-state index contributed by atoms with van der Waals surface area (Å²) < 4.78 is 10.5. The first-order valence-electron chi connectivity index (χ1n) is 8.41. The van der Waals surface area contributed by atoms with E-state index in [1.807, 2.05) is 0 Å². The molecule has 7 nitrogen and oxygen atoms in total. The van der Waals surface area contributed by atoms with Crippen molar-refractivity contribution in [2.75, 3.05) is 6.54 Å². The zero-order valence-electron chi connectivity index (χ0n) is 16.4. The van der Waals surface area contributed by atoms with E-state index in [-0.39, 0.29) is 0 Å². The zero-order valence-corrected chi connectivity index (χ0v) is 17.2. The number of benzene rings is 1. The average Bonchev–Trinajstić information content (AvgIpc) is 2.45. The van der Waals surface area contributed by atoms with Gasteiger partial charge in [-0.05, 0) is 59.2 Å². The lowest BCUT2D eigenvalue weighted by Crippen LogP contribution is -2.46. The Bertz CT molecular complexity index is 660. The molecule has 1 N–H and O–H groups in total. The van der Waals surface area contributed by atoms with E-state index in [0.717, 1.165) is 0 Å². The topological polar surface area (TPSA) is 93.1 Å². The number of amides is 2. The molecule has 1 atom stereocenters. The highest BCUT2D eigenvalue weighted by molar-refractivity contribution is 6.30. The van der Waals surface area contributed by atoms with E-state index in [9.17, 15) is 19.5 Å². The Kier molecular flexibility index (Phi) is 7.25. The minimum absolute atomic E-state index is 0.393. The molecule has 150 valence electrons. The van der Waals surface area contributed by atoms with Gasteiger partial charge in [-0.25, -0.2) is 14.5 Å². The molecule has 0 bridgehead atoms. The summed E-state index contributed by atoms with van der Waals surface area (Å²) in [6.07, 6.45) is -1.95. The van der Waals surface area contributed by atoms with Gasteiger partial charge in [0, 0.05) is 5.02 Å². The Morgan fingerprint density at radius 3 is 1.70 bits per heavy atom. The maximum absolute atomic E-state index is 12.5. The molecule has 0 radical (unpaired) electrons. The SMILES string of the molecule is CC(C)(C)OC(=O)N(CC(C(=O)O)c1ccc(Cl)cc1)C(=O)OC(C)(C)C. The molecule has 0 aliphatic carbocycles. The molecular formula is C19H26ClNO6. The van der Waals surface area contributed by atoms with Gasteiger partial charge in [0.15, 0.2) is 0 Å². The van der Waals surface area contributed by atoms with Crippen LogP contribution in [0.15, 0.2) is 24.3 Å². The molecular weight excluding hydrogens is 374 g/mol. The van der Waals surface area contributed by atoms with E-state index in [1.54, 1.807) is 41.5 Å². The van der Waals surface area contributed by atoms with E-state index in [4.69, 9.17) is 21.1 Å². The van der Waals surface area contributed by atoms with Crippen molar-refractivity contribution in [3.63, 3.8) is 0 Å². The molecule has 1 rings (SSSR count). The van der Waals surface area contributed by atoms with Crippen LogP contribution in [0.5, 0.6) is 0 Å². The van der Waals surface area contributed by atoms with Crippen LogP contribution in [0.2, 0.25) is 5.02 Å². The maximum atomic E-state index is 12.5. The fourth-order valence-corrected chi connectivity index (χ4v) is 2.19. The molecule has 1 aromatic rings. The first-order valence-corrected chi connectivity index (χ1v) is 8.79. The van der Waals surface area contributed by atoms with Gasteiger partial charge in [0.1, 0.15) is 17.1 Å². The summed E-state index contributed by atoms with van der Waals surface area (Å²) in [6, 6.07) is 6.14. The highest BCUT2D eigenvalue weighted by atomic mass is 35.5. The smallest absolute Gasteiger partial charge is 0.419 e. The van der Waals surface area contributed by atoms with Crippen LogP contribution in [0.3, 0.4) is 0 Å². The number of hydrogen-bond acceptors (Lipinski definition) is 5. The summed E-state index contributed by atoms with van der Waals surface area (Å²) in [5.41, 5.74) is -1.34. The molecule has 0 saturated heterocycles. The third-order valence-electron chi connectivity index (χ3n) is 3.16. The lowest BCUT2D eigenvalue weighted by Gasteiger charge is -2.30. The molecule has 2 amide bonds. The highest BCUT2D eigenvalue weighted by Crippen LogP contribution is 2.23. The fourth-order valence-electron chi connectivity index (χ4n) is 2.06. The van der Waals surface area contributed by atoms with Crippen LogP contribution in [0.1, 0.15) is 53.0 Å². The van der Waals surface area contributed by atoms with Crippen LogP contribution in [0, 0.1) is 0 Å². The second kappa shape index (κ2) is 8.61. The van der Waals surface area contributed by atoms with Crippen molar-refractivity contribution >= 4 is 29.8 Å². The normalized spacial score (nSPS) is 12.9. The van der Waals surface area contributed by atoms with Gasteiger partial charge >= 0.3 is 18.2 Å². The molecule has 27 heavy (non-hydrogen) atoms. The summed E-state index contributed by atoms with van der Waals surface area (Å²) >= 11 is 5.84. The number of carboxylic acid groups (broad SMARTS) is 1. The quantitative estimate of drug-likeness (QED) is 0.789. The Labute approximate surface area is 164 Å². The number of hydrogen-bond donors (Lipinski definition) is 1. The van der Waals surface area contributed by atoms with Crippen LogP contribution in [-0.4, -0.2) is 45.9 Å². The summed E-state index contributed by atoms with van der Waals surface area (Å²) in [5, 5.41) is 10.1. The van der Waals surface area contributed by atoms with Crippen molar-refractivity contribution in [3.8, 4) is 0 Å². The number of nitrogens with zero attached hydrogens (tertiary/aromatic N) is 1. The van der Waals surface area contributed by atoms with Gasteiger partial charge in [0.2, 0.25) is 0 Å². The lowest BCUT2D eigenvalue weighted by atomic mass is 9.99. The summed E-state index contributed by atoms with van der Waals surface area (Å²) in [6.45, 7) is 9.43. The molecule has 0 spiro atoms. The number of carboxylic acids is 1. The van der Waals surface area contributed by atoms with Crippen molar-refractivity contribution in [1.82, 2.24) is 4.90 Å². The van der Waals surface area contributed by atoms with Gasteiger partial charge in [0.05, 0.1) is 6.54 Å². The number of imide groups is 1. The van der Waals surface area contributed by atoms with Crippen molar-refractivity contribution < 1.29 is 29.0 Å². The Morgan fingerprint density at radius 1 is 0.963 bits per heavy atom. The third kappa shape index (κ3) is 7.86. The van der Waals surface area contributed by atoms with Crippen LogP contribution in [0.25, 0.3) is 0 Å². The van der Waals surface area contributed by atoms with Gasteiger partial charge in [-0.1, -0.05) is 23.7 Å². The summed E-state index contributed by atoms with van der Waals surface area (Å²) in [4.78, 5) is 37.5. The number of ether oxygens (including phenoxy) is 2. The second-order valence-corrected chi connectivity index (χ2v) is 8.45. The van der Waals surface area contributed by atoms with E-state index < -0.39 is 41.8 Å². The monoisotopic (exact) mass is 399 g/mol. The van der Waals surface area contributed by atoms with E-state index in [1.165, 1.54) is 24.3 Å². The fraction of sp³-hybridized carbons (Fsp3) is 0.526. The minimum atomic E-state index is -1.20. The number of halogens is 1. The molecule has 0 aromatic heterocycles. The first kappa shape index (κ1) is 22.8. The Morgan fingerprint density at radius 2 is 1.37 bits per heavy atom. The maximum Gasteiger partial charge on any atom is 0.419 e. The average molecular weight is 400 g/mol. The lowest BCUT2D eigenvalue weighted by molar-refractivity contribution is -0.139. The summed E-state index contributed by atoms with van der Waals surface area (Å²) in [5.74, 6) is -2.36. The van der Waals surface area contributed by atoms with Crippen LogP contribution >= 0.6 is 11.6 Å². The largest absolute Gasteiger partial charge is 0.481 e. The van der Waals surface area contributed by atoms with Gasteiger partial charge < -0.3 is 14.6 Å². The van der Waals surface area contributed by atoms with E-state index in [0.29, 0.717) is 15.5 Å². The van der Waals surface area contributed by atoms with Crippen molar-refractivity contribution in [2.24, 2.45) is 0 Å². The number of carbonyl (C=O) groups is 3. The number of rotatable bonds is 4. The predicted octanol–water partition coefficient (Wildman–Crippen LogP) is 4.68. The predicted molar refractivity (Wildman–Crippen MR) is 101 cm³/mol. The molecule has 0 aliphatic heterocycles. The van der Waals surface area contributed by atoms with E-state index in [2.05, 4.69) is 0 Å². The first-order chi connectivity index (χ1) is 12.2. The number of aliphatic carboxylic acids is 1.